The maximum absolute atomic E-state index is 12.2. The maximum Gasteiger partial charge on any atom is 0.258 e. The van der Waals surface area contributed by atoms with Crippen LogP contribution in [0.2, 0.25) is 0 Å². The second-order valence-corrected chi connectivity index (χ2v) is 6.16. The quantitative estimate of drug-likeness (QED) is 0.479. The fourth-order valence-corrected chi connectivity index (χ4v) is 2.74. The van der Waals surface area contributed by atoms with Gasteiger partial charge in [-0.3, -0.25) is 10.1 Å². The van der Waals surface area contributed by atoms with Gasteiger partial charge < -0.3 is 10.4 Å². The molecule has 0 fully saturated rings. The molecule has 3 N–H and O–H groups in total. The summed E-state index contributed by atoms with van der Waals surface area (Å²) in [5, 5.41) is 20.2. The van der Waals surface area contributed by atoms with Crippen molar-refractivity contribution in [3.05, 3.63) is 83.6 Å². The third-order valence-electron chi connectivity index (χ3n) is 4.09. The number of aromatic nitrogens is 4. The number of carbonyl (C=O) groups is 1. The zero-order valence-electron chi connectivity index (χ0n) is 14.9. The van der Waals surface area contributed by atoms with Crippen molar-refractivity contribution >= 4 is 17.6 Å². The Morgan fingerprint density at radius 2 is 1.68 bits per heavy atom. The molecule has 0 bridgehead atoms. The number of amides is 1. The number of hydrogen-bond acceptors (Lipinski definition) is 6. The molecule has 2 aromatic heterocycles. The molecule has 28 heavy (non-hydrogen) atoms. The van der Waals surface area contributed by atoms with Crippen molar-refractivity contribution in [2.24, 2.45) is 0 Å². The molecule has 140 valence electrons. The highest BCUT2D eigenvalue weighted by molar-refractivity contribution is 6.03. The molecule has 2 aromatic carbocycles. The van der Waals surface area contributed by atoms with Gasteiger partial charge >= 0.3 is 0 Å². The average molecular weight is 374 g/mol. The average Bonchev–Trinajstić information content (AvgIpc) is 3.12. The molecule has 0 unspecified atom stereocenters. The first-order valence-electron chi connectivity index (χ1n) is 8.76. The van der Waals surface area contributed by atoms with E-state index in [0.29, 0.717) is 24.3 Å². The van der Waals surface area contributed by atoms with Gasteiger partial charge in [0.1, 0.15) is 0 Å². The summed E-state index contributed by atoms with van der Waals surface area (Å²) in [5.41, 5.74) is 2.26. The lowest BCUT2D eigenvalue weighted by Crippen LogP contribution is -2.14. The molecule has 0 saturated carbocycles. The Labute approximate surface area is 160 Å². The molecule has 1 amide bonds. The Morgan fingerprint density at radius 1 is 0.964 bits per heavy atom. The number of nitrogens with zero attached hydrogens (tertiary/aromatic N) is 4. The summed E-state index contributed by atoms with van der Waals surface area (Å²) in [6.07, 6.45) is 0. The van der Waals surface area contributed by atoms with Gasteiger partial charge in [-0.05, 0) is 17.7 Å². The van der Waals surface area contributed by atoms with E-state index in [-0.39, 0.29) is 23.5 Å². The Bertz CT molecular complexity index is 1100. The third kappa shape index (κ3) is 3.97. The highest BCUT2D eigenvalue weighted by atomic mass is 16.3. The van der Waals surface area contributed by atoms with Crippen LogP contribution in [0.1, 0.15) is 21.6 Å². The fourth-order valence-electron chi connectivity index (χ4n) is 2.74. The molecule has 0 atom stereocenters. The number of carbonyl (C=O) groups excluding carboxylic acids is 1. The maximum atomic E-state index is 12.2. The van der Waals surface area contributed by atoms with Crippen molar-refractivity contribution in [2.45, 2.75) is 13.1 Å². The molecule has 4 aromatic rings. The Morgan fingerprint density at radius 3 is 2.43 bits per heavy atom. The Balaban J connectivity index is 1.47. The fraction of sp³-hybridized carbons (Fsp3) is 0.100. The van der Waals surface area contributed by atoms with E-state index in [4.69, 9.17) is 0 Å². The first kappa shape index (κ1) is 17.6. The molecular weight excluding hydrogens is 356 g/mol. The van der Waals surface area contributed by atoms with E-state index in [2.05, 4.69) is 25.7 Å². The predicted molar refractivity (Wildman–Crippen MR) is 104 cm³/mol. The Hall–Kier alpha value is -3.78. The number of aromatic hydroxyl groups is 1. The van der Waals surface area contributed by atoms with Crippen LogP contribution in [-0.4, -0.2) is 30.6 Å². The van der Waals surface area contributed by atoms with Crippen LogP contribution in [-0.2, 0) is 13.1 Å². The van der Waals surface area contributed by atoms with Gasteiger partial charge in [0.05, 0.1) is 5.69 Å². The predicted octanol–water partition coefficient (Wildman–Crippen LogP) is 2.37. The lowest BCUT2D eigenvalue weighted by atomic mass is 10.2. The molecule has 0 aliphatic rings. The second kappa shape index (κ2) is 7.85. The van der Waals surface area contributed by atoms with Crippen LogP contribution in [0, 0.1) is 0 Å². The van der Waals surface area contributed by atoms with Crippen LogP contribution < -0.4 is 10.6 Å². The van der Waals surface area contributed by atoms with Gasteiger partial charge in [0.15, 0.2) is 0 Å². The molecular formula is C20H18N6O2. The van der Waals surface area contributed by atoms with Gasteiger partial charge in [-0.15, -0.1) is 5.10 Å². The minimum atomic E-state index is -0.333. The summed E-state index contributed by atoms with van der Waals surface area (Å²) in [7, 11) is 0. The van der Waals surface area contributed by atoms with Crippen LogP contribution in [0.25, 0.3) is 5.78 Å². The van der Waals surface area contributed by atoms with Gasteiger partial charge in [0.2, 0.25) is 5.88 Å². The molecule has 0 aliphatic carbocycles. The standard InChI is InChI=1S/C20H18N6O2/c27-17-11-16(13-21-12-14-7-3-1-4-8-14)22-20-24-19(25-26(17)20)23-18(28)15-9-5-2-6-10-15/h1-11,21,27H,12-13H2,(H,23,25,28). The van der Waals surface area contributed by atoms with E-state index in [1.54, 1.807) is 24.3 Å². The largest absolute Gasteiger partial charge is 0.493 e. The van der Waals surface area contributed by atoms with Crippen LogP contribution in [0.3, 0.4) is 0 Å². The normalized spacial score (nSPS) is 10.9. The molecule has 8 nitrogen and oxygen atoms in total. The van der Waals surface area contributed by atoms with Crippen molar-refractivity contribution < 1.29 is 9.90 Å². The van der Waals surface area contributed by atoms with E-state index >= 15 is 0 Å². The van der Waals surface area contributed by atoms with Crippen molar-refractivity contribution in [1.29, 1.82) is 0 Å². The summed E-state index contributed by atoms with van der Waals surface area (Å²) < 4.78 is 1.18. The molecule has 0 aliphatic heterocycles. The Kier molecular flexibility index (Phi) is 4.94. The molecule has 4 rings (SSSR count). The first-order valence-corrected chi connectivity index (χ1v) is 8.76. The lowest BCUT2D eigenvalue weighted by Gasteiger charge is -2.05. The summed E-state index contributed by atoms with van der Waals surface area (Å²) in [5.74, 6) is -0.152. The number of nitrogens with one attached hydrogen (secondary N) is 2. The summed E-state index contributed by atoms with van der Waals surface area (Å²) >= 11 is 0. The van der Waals surface area contributed by atoms with E-state index in [1.165, 1.54) is 10.6 Å². The van der Waals surface area contributed by atoms with Gasteiger partial charge in [0, 0.05) is 24.7 Å². The number of anilines is 1. The minimum absolute atomic E-state index is 0.0750. The van der Waals surface area contributed by atoms with E-state index < -0.39 is 0 Å². The van der Waals surface area contributed by atoms with Crippen LogP contribution in [0.15, 0.2) is 66.7 Å². The van der Waals surface area contributed by atoms with Gasteiger partial charge in [-0.2, -0.15) is 9.50 Å². The summed E-state index contributed by atoms with van der Waals surface area (Å²) in [6.45, 7) is 1.14. The van der Waals surface area contributed by atoms with E-state index in [0.717, 1.165) is 5.56 Å². The van der Waals surface area contributed by atoms with E-state index in [1.807, 2.05) is 36.4 Å². The monoisotopic (exact) mass is 374 g/mol. The molecule has 0 radical (unpaired) electrons. The van der Waals surface area contributed by atoms with Gasteiger partial charge in [0.25, 0.3) is 17.6 Å². The SMILES string of the molecule is O=C(Nc1nc2nc(CNCc3ccccc3)cc(O)n2n1)c1ccccc1. The van der Waals surface area contributed by atoms with Crippen molar-refractivity contribution in [3.63, 3.8) is 0 Å². The van der Waals surface area contributed by atoms with Crippen LogP contribution >= 0.6 is 0 Å². The zero-order valence-corrected chi connectivity index (χ0v) is 14.9. The number of rotatable bonds is 6. The minimum Gasteiger partial charge on any atom is -0.493 e. The summed E-state index contributed by atoms with van der Waals surface area (Å²) in [6, 6.07) is 20.3. The second-order valence-electron chi connectivity index (χ2n) is 6.16. The summed E-state index contributed by atoms with van der Waals surface area (Å²) in [4.78, 5) is 20.8. The van der Waals surface area contributed by atoms with E-state index in [9.17, 15) is 9.90 Å². The lowest BCUT2D eigenvalue weighted by molar-refractivity contribution is 0.102. The third-order valence-corrected chi connectivity index (χ3v) is 4.09. The van der Waals surface area contributed by atoms with Gasteiger partial charge in [-0.25, -0.2) is 4.98 Å². The van der Waals surface area contributed by atoms with Crippen LogP contribution in [0.4, 0.5) is 5.95 Å². The molecule has 0 spiro atoms. The number of hydrogen-bond donors (Lipinski definition) is 3. The highest BCUT2D eigenvalue weighted by Gasteiger charge is 2.13. The number of benzene rings is 2. The molecule has 0 saturated heterocycles. The number of fused-ring (bicyclic) bond motifs is 1. The molecule has 8 heteroatoms. The van der Waals surface area contributed by atoms with Crippen LogP contribution in [0.5, 0.6) is 5.88 Å². The van der Waals surface area contributed by atoms with Crippen molar-refractivity contribution in [1.82, 2.24) is 24.9 Å². The molecule has 2 heterocycles. The topological polar surface area (TPSA) is 104 Å². The zero-order chi connectivity index (χ0) is 19.3. The van der Waals surface area contributed by atoms with Gasteiger partial charge in [-0.1, -0.05) is 48.5 Å². The first-order chi connectivity index (χ1) is 13.7. The van der Waals surface area contributed by atoms with Crippen molar-refractivity contribution in [2.75, 3.05) is 5.32 Å². The highest BCUT2D eigenvalue weighted by Crippen LogP contribution is 2.15. The smallest absolute Gasteiger partial charge is 0.258 e. The van der Waals surface area contributed by atoms with Crippen molar-refractivity contribution in [3.8, 4) is 5.88 Å².